The van der Waals surface area contributed by atoms with Gasteiger partial charge in [-0.1, -0.05) is 73.1 Å². The molecule has 7 heteroatoms. The molecule has 0 radical (unpaired) electrons. The topological polar surface area (TPSA) is 81.7 Å². The minimum Gasteiger partial charge on any atom is -0.291 e. The number of halogens is 2. The van der Waals surface area contributed by atoms with Crippen molar-refractivity contribution in [3.63, 3.8) is 0 Å². The van der Waals surface area contributed by atoms with E-state index in [1.807, 2.05) is 42.5 Å². The van der Waals surface area contributed by atoms with Crippen molar-refractivity contribution in [2.75, 3.05) is 0 Å². The van der Waals surface area contributed by atoms with Gasteiger partial charge in [0.15, 0.2) is 22.4 Å². The second-order valence-corrected chi connectivity index (χ2v) is 8.52. The Hall–Kier alpha value is -2.05. The number of rotatable bonds is 2. The van der Waals surface area contributed by atoms with Gasteiger partial charge < -0.3 is 0 Å². The van der Waals surface area contributed by atoms with Crippen LogP contribution in [0, 0.1) is 45.3 Å². The van der Waals surface area contributed by atoms with Crippen molar-refractivity contribution in [3.8, 4) is 12.1 Å². The molecule has 136 valence electrons. The highest BCUT2D eigenvalue weighted by Crippen LogP contribution is 2.63. The summed E-state index contributed by atoms with van der Waals surface area (Å²) in [5, 5.41) is 19.2. The van der Waals surface area contributed by atoms with Gasteiger partial charge in [0, 0.05) is 16.7 Å². The normalized spacial score (nSPS) is 33.0. The van der Waals surface area contributed by atoms with E-state index in [0.717, 1.165) is 9.80 Å². The quantitative estimate of drug-likeness (QED) is 0.690. The first kappa shape index (κ1) is 19.7. The molecule has 2 aliphatic rings. The van der Waals surface area contributed by atoms with E-state index in [2.05, 4.69) is 0 Å². The van der Waals surface area contributed by atoms with E-state index in [0.29, 0.717) is 0 Å². The standard InChI is InChI=1S/C20H14Cl2N2O2S/c1-11-8-14(27-13-6-4-3-5-7-13)12(2)20(10-24)18(26)16(22)15(21)17(25)19(11,20)9-23/h3-8,11-12H,1-2H3. The number of hydrogen-bond acceptors (Lipinski definition) is 5. The molecule has 1 aromatic rings. The van der Waals surface area contributed by atoms with E-state index in [1.165, 1.54) is 11.8 Å². The van der Waals surface area contributed by atoms with Crippen molar-refractivity contribution < 1.29 is 9.59 Å². The predicted molar refractivity (Wildman–Crippen MR) is 104 cm³/mol. The van der Waals surface area contributed by atoms with Crippen LogP contribution < -0.4 is 0 Å². The number of fused-ring (bicyclic) bond motifs is 1. The third-order valence-corrected chi connectivity index (χ3v) is 7.49. The van der Waals surface area contributed by atoms with Crippen LogP contribution in [0.4, 0.5) is 0 Å². The smallest absolute Gasteiger partial charge is 0.198 e. The second kappa shape index (κ2) is 6.84. The molecule has 3 rings (SSSR count). The van der Waals surface area contributed by atoms with Gasteiger partial charge in [-0.15, -0.1) is 0 Å². The van der Waals surface area contributed by atoms with Gasteiger partial charge in [0.2, 0.25) is 0 Å². The molecule has 4 atom stereocenters. The Morgan fingerprint density at radius 3 is 2.00 bits per heavy atom. The average molecular weight is 417 g/mol. The molecular weight excluding hydrogens is 403 g/mol. The van der Waals surface area contributed by atoms with Crippen molar-refractivity contribution in [1.29, 1.82) is 10.5 Å². The minimum absolute atomic E-state index is 0.472. The summed E-state index contributed by atoms with van der Waals surface area (Å²) in [6, 6.07) is 13.5. The highest BCUT2D eigenvalue weighted by atomic mass is 35.5. The molecule has 0 saturated carbocycles. The Labute approximate surface area is 171 Å². The molecule has 4 nitrogen and oxygen atoms in total. The third-order valence-electron chi connectivity index (χ3n) is 5.43. The molecule has 0 aliphatic heterocycles. The summed E-state index contributed by atoms with van der Waals surface area (Å²) >= 11 is 13.4. The van der Waals surface area contributed by atoms with Gasteiger partial charge in [-0.2, -0.15) is 10.5 Å². The lowest BCUT2D eigenvalue weighted by atomic mass is 9.46. The number of nitriles is 2. The fraction of sp³-hybridized carbons (Fsp3) is 0.300. The molecule has 0 bridgehead atoms. The van der Waals surface area contributed by atoms with Crippen LogP contribution in [-0.4, -0.2) is 11.6 Å². The van der Waals surface area contributed by atoms with Crippen LogP contribution in [0.2, 0.25) is 0 Å². The van der Waals surface area contributed by atoms with E-state index in [9.17, 15) is 20.1 Å². The number of carbonyl (C=O) groups excluding carboxylic acids is 2. The lowest BCUT2D eigenvalue weighted by molar-refractivity contribution is -0.143. The Bertz CT molecular complexity index is 989. The molecule has 0 aromatic heterocycles. The maximum absolute atomic E-state index is 13.2. The first-order chi connectivity index (χ1) is 12.8. The van der Waals surface area contributed by atoms with E-state index in [-0.39, 0.29) is 0 Å². The van der Waals surface area contributed by atoms with Crippen molar-refractivity contribution in [3.05, 3.63) is 51.4 Å². The van der Waals surface area contributed by atoms with Crippen LogP contribution in [0.25, 0.3) is 0 Å². The van der Waals surface area contributed by atoms with Crippen molar-refractivity contribution in [1.82, 2.24) is 0 Å². The van der Waals surface area contributed by atoms with Crippen molar-refractivity contribution in [2.24, 2.45) is 22.7 Å². The lowest BCUT2D eigenvalue weighted by Gasteiger charge is -2.51. The van der Waals surface area contributed by atoms with Crippen molar-refractivity contribution >= 4 is 46.5 Å². The number of allylic oxidation sites excluding steroid dienone is 4. The summed E-state index contributed by atoms with van der Waals surface area (Å²) in [7, 11) is 0. The maximum Gasteiger partial charge on any atom is 0.198 e. The van der Waals surface area contributed by atoms with Crippen LogP contribution in [0.3, 0.4) is 0 Å². The Morgan fingerprint density at radius 2 is 1.48 bits per heavy atom. The zero-order valence-electron chi connectivity index (χ0n) is 14.5. The molecule has 0 fully saturated rings. The number of hydrogen-bond donors (Lipinski definition) is 0. The fourth-order valence-corrected chi connectivity index (χ4v) is 5.62. The summed E-state index contributed by atoms with van der Waals surface area (Å²) in [6.07, 6.45) is 1.79. The van der Waals surface area contributed by atoms with Crippen LogP contribution in [0.1, 0.15) is 13.8 Å². The summed E-state index contributed by atoms with van der Waals surface area (Å²) in [4.78, 5) is 27.8. The number of thioether (sulfide) groups is 1. The van der Waals surface area contributed by atoms with E-state index >= 15 is 0 Å². The molecular formula is C20H14Cl2N2O2S. The van der Waals surface area contributed by atoms with Crippen molar-refractivity contribution in [2.45, 2.75) is 18.7 Å². The summed E-state index contributed by atoms with van der Waals surface area (Å²) in [6.45, 7) is 3.33. The number of nitrogens with zero attached hydrogens (tertiary/aromatic N) is 2. The number of benzene rings is 1. The second-order valence-electron chi connectivity index (χ2n) is 6.62. The van der Waals surface area contributed by atoms with E-state index < -0.39 is 44.3 Å². The molecule has 0 amide bonds. The van der Waals surface area contributed by atoms with Gasteiger partial charge in [-0.05, 0) is 17.0 Å². The van der Waals surface area contributed by atoms with Crippen LogP contribution in [0.5, 0.6) is 0 Å². The van der Waals surface area contributed by atoms with Crippen LogP contribution in [-0.2, 0) is 9.59 Å². The predicted octanol–water partition coefficient (Wildman–Crippen LogP) is 4.81. The number of ketones is 2. The molecule has 27 heavy (non-hydrogen) atoms. The first-order valence-electron chi connectivity index (χ1n) is 8.20. The number of Topliss-reactive ketones (excluding diaryl/α,β-unsaturated/α-hetero) is 2. The zero-order valence-corrected chi connectivity index (χ0v) is 16.8. The molecule has 4 unspecified atom stereocenters. The van der Waals surface area contributed by atoms with Gasteiger partial charge in [0.05, 0.1) is 12.1 Å². The van der Waals surface area contributed by atoms with Gasteiger partial charge in [-0.3, -0.25) is 9.59 Å². The minimum atomic E-state index is -1.93. The Kier molecular flexibility index (Phi) is 4.99. The fourth-order valence-electron chi connectivity index (χ4n) is 3.96. The highest BCUT2D eigenvalue weighted by molar-refractivity contribution is 8.03. The Morgan fingerprint density at radius 1 is 0.963 bits per heavy atom. The molecule has 0 N–H and O–H groups in total. The molecule has 1 aromatic carbocycles. The highest BCUT2D eigenvalue weighted by Gasteiger charge is 2.72. The molecule has 0 heterocycles. The number of carbonyl (C=O) groups is 2. The monoisotopic (exact) mass is 416 g/mol. The van der Waals surface area contributed by atoms with E-state index in [1.54, 1.807) is 19.9 Å². The van der Waals surface area contributed by atoms with Gasteiger partial charge in [-0.25, -0.2) is 0 Å². The summed E-state index contributed by atoms with van der Waals surface area (Å²) < 4.78 is 0. The van der Waals surface area contributed by atoms with E-state index in [4.69, 9.17) is 23.2 Å². The molecule has 0 saturated heterocycles. The van der Waals surface area contributed by atoms with Gasteiger partial charge in [0.25, 0.3) is 0 Å². The van der Waals surface area contributed by atoms with Crippen LogP contribution >= 0.6 is 35.0 Å². The largest absolute Gasteiger partial charge is 0.291 e. The Balaban J connectivity index is 2.26. The van der Waals surface area contributed by atoms with Crippen LogP contribution in [0.15, 0.2) is 56.3 Å². The third kappa shape index (κ3) is 2.43. The summed E-state index contributed by atoms with van der Waals surface area (Å²) in [5.41, 5.74) is -3.84. The SMILES string of the molecule is CC1C=C(Sc2ccccc2)C(C)C2(C#N)C(=O)C(Cl)=C(Cl)C(=O)C12C#N. The lowest BCUT2D eigenvalue weighted by Crippen LogP contribution is -2.62. The zero-order chi connectivity index (χ0) is 20.0. The maximum atomic E-state index is 13.2. The first-order valence-corrected chi connectivity index (χ1v) is 9.77. The van der Waals surface area contributed by atoms with Gasteiger partial charge in [0.1, 0.15) is 10.1 Å². The molecule has 2 aliphatic carbocycles. The van der Waals surface area contributed by atoms with Gasteiger partial charge >= 0.3 is 0 Å². The average Bonchev–Trinajstić information content (AvgIpc) is 2.68. The summed E-state index contributed by atoms with van der Waals surface area (Å²) in [5.74, 6) is -2.94. The molecule has 0 spiro atoms.